The summed E-state index contributed by atoms with van der Waals surface area (Å²) in [6, 6.07) is 15.9. The van der Waals surface area contributed by atoms with E-state index in [2.05, 4.69) is 5.32 Å². The van der Waals surface area contributed by atoms with E-state index < -0.39 is 48.3 Å². The Bertz CT molecular complexity index is 1590. The molecule has 14 heteroatoms. The van der Waals surface area contributed by atoms with E-state index in [0.717, 1.165) is 0 Å². The molecule has 0 bridgehead atoms. The van der Waals surface area contributed by atoms with E-state index in [1.165, 1.54) is 0 Å². The van der Waals surface area contributed by atoms with E-state index in [9.17, 15) is 24.0 Å². The molecule has 0 spiro atoms. The maximum Gasteiger partial charge on any atom is 0.519 e. The van der Waals surface area contributed by atoms with Crippen LogP contribution in [-0.2, 0) is 32.2 Å². The molecule has 1 amide bonds. The molecule has 0 aliphatic heterocycles. The van der Waals surface area contributed by atoms with Gasteiger partial charge in [-0.15, -0.1) is 0 Å². The van der Waals surface area contributed by atoms with Gasteiger partial charge in [0.25, 0.3) is 0 Å². The van der Waals surface area contributed by atoms with E-state index in [0.29, 0.717) is 22.9 Å². The Labute approximate surface area is 235 Å². The van der Waals surface area contributed by atoms with Crippen LogP contribution in [0.25, 0.3) is 22.6 Å². The van der Waals surface area contributed by atoms with E-state index >= 15 is 0 Å². The first-order valence-corrected chi connectivity index (χ1v) is 13.1. The van der Waals surface area contributed by atoms with Gasteiger partial charge in [0.2, 0.25) is 0 Å². The third-order valence-corrected chi connectivity index (χ3v) is 6.10. The molecule has 2 aromatic heterocycles. The van der Waals surface area contributed by atoms with Crippen LogP contribution in [0.2, 0.25) is 0 Å². The molecule has 0 unspecified atom stereocenters. The second kappa shape index (κ2) is 13.9. The molecule has 0 aliphatic rings. The predicted octanol–water partition coefficient (Wildman–Crippen LogP) is 4.34. The largest absolute Gasteiger partial charge is 0.519 e. The van der Waals surface area contributed by atoms with Crippen LogP contribution < -0.4 is 17.0 Å². The van der Waals surface area contributed by atoms with E-state index in [1.807, 2.05) is 0 Å². The Morgan fingerprint density at radius 2 is 1.27 bits per heavy atom. The Kier molecular flexibility index (Phi) is 9.83. The molecule has 41 heavy (non-hydrogen) atoms. The molecule has 1 atom stereocenters. The summed E-state index contributed by atoms with van der Waals surface area (Å²) in [5.74, 6) is -2.87. The SMILES string of the molecule is CCOC(=O)[C@H](CSC(=O)OCc1oc(=O)oc1-c1ccccc1)NC(=O)OCc1oc(=O)oc1-c1ccccc1. The molecule has 0 aliphatic carbocycles. The van der Waals surface area contributed by atoms with Gasteiger partial charge in [-0.1, -0.05) is 60.7 Å². The van der Waals surface area contributed by atoms with Gasteiger partial charge in [-0.2, -0.15) is 0 Å². The quantitative estimate of drug-likeness (QED) is 0.194. The first kappa shape index (κ1) is 29.0. The van der Waals surface area contributed by atoms with Crippen molar-refractivity contribution in [3.8, 4) is 22.6 Å². The number of carbonyl (C=O) groups is 3. The third-order valence-electron chi connectivity index (χ3n) is 5.25. The number of esters is 1. The molecular weight excluding hydrogens is 562 g/mol. The van der Waals surface area contributed by atoms with Crippen LogP contribution in [0.3, 0.4) is 0 Å². The molecule has 2 heterocycles. The normalized spacial score (nSPS) is 11.4. The Hall–Kier alpha value is -4.98. The van der Waals surface area contributed by atoms with Crippen molar-refractivity contribution in [2.75, 3.05) is 12.4 Å². The van der Waals surface area contributed by atoms with Crippen molar-refractivity contribution in [3.05, 3.63) is 93.4 Å². The minimum absolute atomic E-state index is 0.000403. The van der Waals surface area contributed by atoms with Crippen molar-refractivity contribution in [2.24, 2.45) is 0 Å². The van der Waals surface area contributed by atoms with Crippen molar-refractivity contribution >= 4 is 29.1 Å². The lowest BCUT2D eigenvalue weighted by Gasteiger charge is -2.16. The van der Waals surface area contributed by atoms with Gasteiger partial charge in [0.15, 0.2) is 36.3 Å². The number of rotatable bonds is 11. The lowest BCUT2D eigenvalue weighted by Crippen LogP contribution is -2.44. The molecule has 2 aromatic carbocycles. The number of ether oxygens (including phenoxy) is 3. The molecule has 214 valence electrons. The van der Waals surface area contributed by atoms with Gasteiger partial charge in [0.1, 0.15) is 6.04 Å². The van der Waals surface area contributed by atoms with Crippen LogP contribution in [0.4, 0.5) is 9.59 Å². The zero-order chi connectivity index (χ0) is 29.2. The highest BCUT2D eigenvalue weighted by atomic mass is 32.2. The maximum atomic E-state index is 12.5. The van der Waals surface area contributed by atoms with Crippen LogP contribution in [0.1, 0.15) is 18.4 Å². The van der Waals surface area contributed by atoms with Gasteiger partial charge in [-0.3, -0.25) is 0 Å². The smallest absolute Gasteiger partial charge is 0.464 e. The lowest BCUT2D eigenvalue weighted by molar-refractivity contribution is -0.144. The van der Waals surface area contributed by atoms with Crippen LogP contribution in [0, 0.1) is 0 Å². The monoisotopic (exact) mass is 585 g/mol. The van der Waals surface area contributed by atoms with E-state index in [1.54, 1.807) is 67.6 Å². The summed E-state index contributed by atoms with van der Waals surface area (Å²) >= 11 is 0.568. The zero-order valence-corrected chi connectivity index (χ0v) is 22.3. The summed E-state index contributed by atoms with van der Waals surface area (Å²) in [5, 5.41) is 1.48. The average molecular weight is 586 g/mol. The third kappa shape index (κ3) is 8.02. The van der Waals surface area contributed by atoms with Gasteiger partial charge in [0.05, 0.1) is 6.61 Å². The van der Waals surface area contributed by atoms with Gasteiger partial charge < -0.3 is 37.2 Å². The zero-order valence-electron chi connectivity index (χ0n) is 21.5. The molecule has 0 saturated heterocycles. The highest BCUT2D eigenvalue weighted by Crippen LogP contribution is 2.25. The van der Waals surface area contributed by atoms with Gasteiger partial charge in [-0.05, 0) is 18.7 Å². The first-order chi connectivity index (χ1) is 19.8. The van der Waals surface area contributed by atoms with E-state index in [-0.39, 0.29) is 35.4 Å². The fraction of sp³-hybridized carbons (Fsp3) is 0.222. The van der Waals surface area contributed by atoms with Crippen LogP contribution >= 0.6 is 11.8 Å². The number of nitrogens with one attached hydrogen (secondary N) is 1. The number of carbonyl (C=O) groups excluding carboxylic acids is 3. The second-order valence-corrected chi connectivity index (χ2v) is 8.98. The minimum Gasteiger partial charge on any atom is -0.464 e. The van der Waals surface area contributed by atoms with Gasteiger partial charge >= 0.3 is 29.0 Å². The van der Waals surface area contributed by atoms with Crippen LogP contribution in [0.15, 0.2) is 87.9 Å². The summed E-state index contributed by atoms with van der Waals surface area (Å²) in [5.41, 5.74) is 1.08. The number of thioether (sulfide) groups is 1. The summed E-state index contributed by atoms with van der Waals surface area (Å²) in [6.45, 7) is 0.695. The Morgan fingerprint density at radius 3 is 1.78 bits per heavy atom. The number of hydrogen-bond donors (Lipinski definition) is 1. The summed E-state index contributed by atoms with van der Waals surface area (Å²) in [4.78, 5) is 60.5. The standard InChI is InChI=1S/C27H23NO12S/c1-2-34-23(29)18(28-24(30)35-13-19-21(39-25(31)37-19)16-9-5-3-6-10-16)15-41-27(33)36-14-20-22(40-26(32)38-20)17-11-7-4-8-12-17/h3-12,18H,2,13-15H2,1H3,(H,28,30)/t18-/m0/s1. The van der Waals surface area contributed by atoms with Crippen LogP contribution in [0.5, 0.6) is 0 Å². The van der Waals surface area contributed by atoms with Crippen molar-refractivity contribution < 1.29 is 46.3 Å². The minimum atomic E-state index is -1.29. The number of amides is 1. The van der Waals surface area contributed by atoms with Crippen molar-refractivity contribution in [1.82, 2.24) is 5.32 Å². The fourth-order valence-corrected chi connectivity index (χ4v) is 4.13. The molecule has 4 rings (SSSR count). The molecule has 13 nitrogen and oxygen atoms in total. The summed E-state index contributed by atoms with van der Waals surface area (Å²) < 4.78 is 35.3. The van der Waals surface area contributed by atoms with Crippen molar-refractivity contribution in [2.45, 2.75) is 26.2 Å². The average Bonchev–Trinajstić information content (AvgIpc) is 3.55. The Balaban J connectivity index is 1.32. The second-order valence-electron chi connectivity index (χ2n) is 8.02. The molecule has 0 saturated carbocycles. The van der Waals surface area contributed by atoms with Gasteiger partial charge in [-0.25, -0.2) is 24.0 Å². The Morgan fingerprint density at radius 1 is 0.756 bits per heavy atom. The van der Waals surface area contributed by atoms with Crippen molar-refractivity contribution in [3.63, 3.8) is 0 Å². The summed E-state index contributed by atoms with van der Waals surface area (Å²) in [6.07, 6.45) is -1.05. The van der Waals surface area contributed by atoms with Crippen LogP contribution in [-0.4, -0.2) is 35.8 Å². The van der Waals surface area contributed by atoms with Gasteiger partial charge in [0, 0.05) is 16.9 Å². The maximum absolute atomic E-state index is 12.5. The highest BCUT2D eigenvalue weighted by molar-refractivity contribution is 8.13. The topological polar surface area (TPSA) is 178 Å². The fourth-order valence-electron chi connectivity index (χ4n) is 3.47. The molecule has 1 N–H and O–H groups in total. The number of hydrogen-bond acceptors (Lipinski definition) is 13. The molecule has 0 fully saturated rings. The first-order valence-electron chi connectivity index (χ1n) is 12.1. The predicted molar refractivity (Wildman–Crippen MR) is 142 cm³/mol. The van der Waals surface area contributed by atoms with Crippen molar-refractivity contribution in [1.29, 1.82) is 0 Å². The lowest BCUT2D eigenvalue weighted by atomic mass is 10.1. The molecule has 0 radical (unpaired) electrons. The highest BCUT2D eigenvalue weighted by Gasteiger charge is 2.26. The molecule has 4 aromatic rings. The molecular formula is C27H23NO12S. The number of benzene rings is 2. The number of alkyl carbamates (subject to hydrolysis) is 1. The van der Waals surface area contributed by atoms with E-state index in [4.69, 9.17) is 31.9 Å². The summed E-state index contributed by atoms with van der Waals surface area (Å²) in [7, 11) is 0.